The van der Waals surface area contributed by atoms with E-state index in [1.807, 2.05) is 32.7 Å². The predicted octanol–water partition coefficient (Wildman–Crippen LogP) is 2.65. The lowest BCUT2D eigenvalue weighted by Crippen LogP contribution is -2.37. The molecule has 0 aromatic rings. The van der Waals surface area contributed by atoms with Crippen LogP contribution in [0.1, 0.15) is 27.2 Å². The Bertz CT molecular complexity index is 249. The topological polar surface area (TPSA) is 12.5 Å². The van der Waals surface area contributed by atoms with E-state index in [4.69, 9.17) is 4.74 Å². The summed E-state index contributed by atoms with van der Waals surface area (Å²) in [6.45, 7) is 6.22. The number of hydrogen-bond donors (Lipinski definition) is 0. The quantitative estimate of drug-likeness (QED) is 0.723. The van der Waals surface area contributed by atoms with Crippen LogP contribution in [-0.2, 0) is 4.74 Å². The summed E-state index contributed by atoms with van der Waals surface area (Å²) in [5, 5.41) is 0. The van der Waals surface area contributed by atoms with Gasteiger partial charge < -0.3 is 4.74 Å². The second-order valence-corrected chi connectivity index (χ2v) is 4.44. The fourth-order valence-electron chi connectivity index (χ4n) is 2.07. The molecule has 2 atom stereocenters. The zero-order valence-electron chi connectivity index (χ0n) is 9.76. The summed E-state index contributed by atoms with van der Waals surface area (Å²) in [5.41, 5.74) is 0.252. The van der Waals surface area contributed by atoms with Gasteiger partial charge in [0.1, 0.15) is 0 Å². The van der Waals surface area contributed by atoms with Crippen molar-refractivity contribution in [2.45, 2.75) is 45.4 Å². The Kier molecular flexibility index (Phi) is 4.22. The summed E-state index contributed by atoms with van der Waals surface area (Å²) in [4.78, 5) is 1.93. The fourth-order valence-corrected chi connectivity index (χ4v) is 2.07. The molecule has 1 heterocycles. The van der Waals surface area contributed by atoms with Gasteiger partial charge in [0, 0.05) is 18.2 Å². The third kappa shape index (κ3) is 3.24. The Labute approximate surface area is 89.9 Å². The minimum Gasteiger partial charge on any atom is -0.374 e. The summed E-state index contributed by atoms with van der Waals surface area (Å²) < 4.78 is 30.5. The first kappa shape index (κ1) is 12.6. The highest BCUT2D eigenvalue weighted by Crippen LogP contribution is 2.28. The molecule has 0 radical (unpaired) electrons. The van der Waals surface area contributed by atoms with E-state index in [0.29, 0.717) is 13.0 Å². The van der Waals surface area contributed by atoms with Gasteiger partial charge in [-0.2, -0.15) is 8.78 Å². The molecular weight excluding hydrogens is 200 g/mol. The summed E-state index contributed by atoms with van der Waals surface area (Å²) in [5.74, 6) is 0. The molecule has 0 spiro atoms. The molecule has 4 heteroatoms. The summed E-state index contributed by atoms with van der Waals surface area (Å²) in [6, 6.07) is 0.0731. The van der Waals surface area contributed by atoms with Gasteiger partial charge in [0.15, 0.2) is 0 Å². The Morgan fingerprint density at radius 2 is 2.00 bits per heavy atom. The molecule has 1 aliphatic rings. The van der Waals surface area contributed by atoms with Gasteiger partial charge in [0.05, 0.1) is 12.2 Å². The van der Waals surface area contributed by atoms with Gasteiger partial charge in [-0.15, -0.1) is 0 Å². The molecule has 1 unspecified atom stereocenters. The number of likely N-dealkylation sites (N-methyl/N-ethyl adjacent to an activating group) is 1. The van der Waals surface area contributed by atoms with Crippen molar-refractivity contribution in [3.8, 4) is 0 Å². The summed E-state index contributed by atoms with van der Waals surface area (Å²) >= 11 is 0. The fraction of sp³-hybridized carbons (Fsp3) is 0.818. The van der Waals surface area contributed by atoms with Crippen LogP contribution in [0.4, 0.5) is 8.78 Å². The lowest BCUT2D eigenvalue weighted by molar-refractivity contribution is -0.0200. The van der Waals surface area contributed by atoms with Crippen molar-refractivity contribution in [1.82, 2.24) is 4.90 Å². The van der Waals surface area contributed by atoms with E-state index in [1.165, 1.54) is 0 Å². The Morgan fingerprint density at radius 1 is 1.40 bits per heavy atom. The number of likely N-dealkylation sites (tertiary alicyclic amines) is 1. The average molecular weight is 219 g/mol. The van der Waals surface area contributed by atoms with E-state index in [0.717, 1.165) is 0 Å². The molecule has 0 aromatic carbocycles. The average Bonchev–Trinajstić information content (AvgIpc) is 2.46. The van der Waals surface area contributed by atoms with Crippen molar-refractivity contribution < 1.29 is 13.5 Å². The molecule has 0 aromatic heterocycles. The maximum atomic E-state index is 12.4. The minimum atomic E-state index is -1.53. The molecule has 0 saturated carbocycles. The summed E-state index contributed by atoms with van der Waals surface area (Å²) in [6.07, 6.45) is -0.975. The normalized spacial score (nSPS) is 25.0. The molecule has 0 N–H and O–H groups in total. The van der Waals surface area contributed by atoms with Crippen molar-refractivity contribution in [3.63, 3.8) is 0 Å². The number of rotatable bonds is 3. The van der Waals surface area contributed by atoms with Crippen LogP contribution in [0.25, 0.3) is 0 Å². The molecule has 0 bridgehead atoms. The van der Waals surface area contributed by atoms with Crippen LogP contribution < -0.4 is 0 Å². The van der Waals surface area contributed by atoms with Crippen LogP contribution in [0.15, 0.2) is 11.7 Å². The van der Waals surface area contributed by atoms with Crippen molar-refractivity contribution >= 4 is 0 Å². The van der Waals surface area contributed by atoms with E-state index in [2.05, 4.69) is 0 Å². The number of halogens is 2. The molecule has 88 valence electrons. The van der Waals surface area contributed by atoms with Crippen LogP contribution in [0.3, 0.4) is 0 Å². The molecule has 2 nitrogen and oxygen atoms in total. The van der Waals surface area contributed by atoms with Crippen molar-refractivity contribution in [1.29, 1.82) is 0 Å². The third-order valence-electron chi connectivity index (χ3n) is 2.76. The van der Waals surface area contributed by atoms with E-state index >= 15 is 0 Å². The first-order chi connectivity index (χ1) is 6.91. The van der Waals surface area contributed by atoms with Gasteiger partial charge in [-0.05, 0) is 34.2 Å². The monoisotopic (exact) mass is 219 g/mol. The molecule has 0 amide bonds. The zero-order valence-corrected chi connectivity index (χ0v) is 9.76. The predicted molar refractivity (Wildman–Crippen MR) is 56.0 cm³/mol. The van der Waals surface area contributed by atoms with Gasteiger partial charge >= 0.3 is 0 Å². The molecule has 1 saturated heterocycles. The highest BCUT2D eigenvalue weighted by Gasteiger charge is 2.32. The van der Waals surface area contributed by atoms with Crippen LogP contribution in [0.5, 0.6) is 0 Å². The molecule has 1 fully saturated rings. The molecule has 1 aliphatic heterocycles. The highest BCUT2D eigenvalue weighted by molar-refractivity contribution is 5.14. The lowest BCUT2D eigenvalue weighted by Gasteiger charge is -2.27. The van der Waals surface area contributed by atoms with Crippen LogP contribution >= 0.6 is 0 Å². The summed E-state index contributed by atoms with van der Waals surface area (Å²) in [7, 11) is 1.86. The first-order valence-electron chi connectivity index (χ1n) is 5.30. The molecule has 0 aliphatic carbocycles. The van der Waals surface area contributed by atoms with Crippen LogP contribution in [0, 0.1) is 0 Å². The van der Waals surface area contributed by atoms with Crippen LogP contribution in [-0.4, -0.2) is 36.7 Å². The van der Waals surface area contributed by atoms with E-state index < -0.39 is 6.08 Å². The standard InChI is InChI=1S/C11H19F2NO/c1-7(2)15-8(3)10-5-9(11(12)13)6-14(10)4/h7-8,10H,5-6H2,1-4H3/t8-,10?/m0/s1. The molecule has 1 rings (SSSR count). The van der Waals surface area contributed by atoms with E-state index in [1.54, 1.807) is 0 Å². The van der Waals surface area contributed by atoms with Crippen molar-refractivity contribution in [3.05, 3.63) is 11.7 Å². The van der Waals surface area contributed by atoms with Gasteiger partial charge in [-0.25, -0.2) is 0 Å². The lowest BCUT2D eigenvalue weighted by atomic mass is 10.1. The Balaban J connectivity index is 2.61. The van der Waals surface area contributed by atoms with Gasteiger partial charge in [0.25, 0.3) is 6.08 Å². The highest BCUT2D eigenvalue weighted by atomic mass is 19.3. The number of ether oxygens (including phenoxy) is 1. The minimum absolute atomic E-state index is 0.00755. The van der Waals surface area contributed by atoms with E-state index in [-0.39, 0.29) is 23.8 Å². The first-order valence-corrected chi connectivity index (χ1v) is 5.30. The molecular formula is C11H19F2NO. The second kappa shape index (κ2) is 5.03. The van der Waals surface area contributed by atoms with Crippen molar-refractivity contribution in [2.24, 2.45) is 0 Å². The van der Waals surface area contributed by atoms with E-state index in [9.17, 15) is 8.78 Å². The van der Waals surface area contributed by atoms with Gasteiger partial charge in [-0.3, -0.25) is 4.90 Å². The maximum Gasteiger partial charge on any atom is 0.270 e. The Morgan fingerprint density at radius 3 is 2.40 bits per heavy atom. The van der Waals surface area contributed by atoms with Crippen molar-refractivity contribution in [2.75, 3.05) is 13.6 Å². The van der Waals surface area contributed by atoms with Gasteiger partial charge in [0.2, 0.25) is 0 Å². The third-order valence-corrected chi connectivity index (χ3v) is 2.76. The maximum absolute atomic E-state index is 12.4. The Hall–Kier alpha value is -0.480. The van der Waals surface area contributed by atoms with Crippen LogP contribution in [0.2, 0.25) is 0 Å². The smallest absolute Gasteiger partial charge is 0.270 e. The number of nitrogens with zero attached hydrogens (tertiary/aromatic N) is 1. The van der Waals surface area contributed by atoms with Gasteiger partial charge in [-0.1, -0.05) is 0 Å². The zero-order chi connectivity index (χ0) is 11.6. The second-order valence-electron chi connectivity index (χ2n) is 4.44. The SMILES string of the molecule is CC(C)O[C@@H](C)C1CC(=C(F)F)CN1C. The number of hydrogen-bond acceptors (Lipinski definition) is 2. The molecule has 15 heavy (non-hydrogen) atoms. The largest absolute Gasteiger partial charge is 0.374 e.